The van der Waals surface area contributed by atoms with Gasteiger partial charge in [-0.2, -0.15) is 0 Å². The van der Waals surface area contributed by atoms with Gasteiger partial charge < -0.3 is 14.6 Å². The topological polar surface area (TPSA) is 45.3 Å². The number of carbonyl (C=O) groups excluding carboxylic acids is 1. The lowest BCUT2D eigenvalue weighted by Crippen LogP contribution is -2.37. The van der Waals surface area contributed by atoms with Gasteiger partial charge in [-0.15, -0.1) is 0 Å². The standard InChI is InChI=1S/C22H23FN2O2/c1-3-27-18-6-4-15-8-9-25(13-16(15)10-18)22(26)12-19-14(2)24-21-7-5-17(23)11-20(19)21/h4-7,10-11,24H,3,8-9,12-13H2,1-2H3. The number of H-pyrrole nitrogens is 1. The van der Waals surface area contributed by atoms with Crippen LogP contribution in [0.5, 0.6) is 5.75 Å². The van der Waals surface area contributed by atoms with Crippen molar-refractivity contribution in [1.29, 1.82) is 0 Å². The number of benzene rings is 2. The van der Waals surface area contributed by atoms with E-state index < -0.39 is 0 Å². The third-order valence-corrected chi connectivity index (χ3v) is 5.26. The Bertz CT molecular complexity index is 1010. The van der Waals surface area contributed by atoms with Crippen LogP contribution in [-0.2, 0) is 24.2 Å². The van der Waals surface area contributed by atoms with Crippen molar-refractivity contribution in [3.8, 4) is 5.75 Å². The van der Waals surface area contributed by atoms with Crippen molar-refractivity contribution in [2.75, 3.05) is 13.2 Å². The second-order valence-corrected chi connectivity index (χ2v) is 7.02. The molecule has 0 atom stereocenters. The van der Waals surface area contributed by atoms with E-state index in [1.54, 1.807) is 6.07 Å². The van der Waals surface area contributed by atoms with Crippen molar-refractivity contribution >= 4 is 16.8 Å². The van der Waals surface area contributed by atoms with Crippen molar-refractivity contribution in [2.45, 2.75) is 33.2 Å². The Morgan fingerprint density at radius 1 is 1.22 bits per heavy atom. The summed E-state index contributed by atoms with van der Waals surface area (Å²) in [6.45, 7) is 5.81. The first kappa shape index (κ1) is 17.6. The molecule has 27 heavy (non-hydrogen) atoms. The summed E-state index contributed by atoms with van der Waals surface area (Å²) in [5, 5.41) is 0.789. The van der Waals surface area contributed by atoms with Crippen molar-refractivity contribution in [3.63, 3.8) is 0 Å². The largest absolute Gasteiger partial charge is 0.494 e. The van der Waals surface area contributed by atoms with Crippen LogP contribution in [0.15, 0.2) is 36.4 Å². The number of fused-ring (bicyclic) bond motifs is 2. The lowest BCUT2D eigenvalue weighted by atomic mass is 9.98. The van der Waals surface area contributed by atoms with E-state index in [4.69, 9.17) is 4.74 Å². The normalized spacial score (nSPS) is 13.7. The molecule has 0 saturated carbocycles. The Morgan fingerprint density at radius 2 is 2.07 bits per heavy atom. The monoisotopic (exact) mass is 366 g/mol. The SMILES string of the molecule is CCOc1ccc2c(c1)CN(C(=O)Cc1c(C)[nH]c3ccc(F)cc13)CC2. The van der Waals surface area contributed by atoms with Crippen LogP contribution in [0.3, 0.4) is 0 Å². The van der Waals surface area contributed by atoms with Crippen LogP contribution in [0.2, 0.25) is 0 Å². The fourth-order valence-electron chi connectivity index (χ4n) is 3.85. The molecule has 4 rings (SSSR count). The molecular weight excluding hydrogens is 343 g/mol. The Balaban J connectivity index is 1.55. The Kier molecular flexibility index (Phi) is 4.60. The maximum atomic E-state index is 13.7. The maximum Gasteiger partial charge on any atom is 0.227 e. The van der Waals surface area contributed by atoms with Crippen molar-refractivity contribution < 1.29 is 13.9 Å². The molecular formula is C22H23FN2O2. The van der Waals surface area contributed by atoms with Gasteiger partial charge in [0, 0.05) is 29.7 Å². The summed E-state index contributed by atoms with van der Waals surface area (Å²) in [5.74, 6) is 0.620. The van der Waals surface area contributed by atoms with Gasteiger partial charge in [-0.25, -0.2) is 4.39 Å². The number of carbonyl (C=O) groups is 1. The van der Waals surface area contributed by atoms with Gasteiger partial charge in [-0.1, -0.05) is 6.07 Å². The summed E-state index contributed by atoms with van der Waals surface area (Å²) in [6.07, 6.45) is 1.12. The van der Waals surface area contributed by atoms with Crippen molar-refractivity contribution in [2.24, 2.45) is 0 Å². The fourth-order valence-corrected chi connectivity index (χ4v) is 3.85. The number of nitrogens with one attached hydrogen (secondary N) is 1. The van der Waals surface area contributed by atoms with E-state index in [9.17, 15) is 9.18 Å². The van der Waals surface area contributed by atoms with Crippen LogP contribution in [0.1, 0.15) is 29.3 Å². The van der Waals surface area contributed by atoms with Crippen LogP contribution >= 0.6 is 0 Å². The average molecular weight is 366 g/mol. The number of nitrogens with zero attached hydrogens (tertiary/aromatic N) is 1. The fraction of sp³-hybridized carbons (Fsp3) is 0.318. The van der Waals surface area contributed by atoms with E-state index in [0.29, 0.717) is 19.7 Å². The maximum absolute atomic E-state index is 13.7. The van der Waals surface area contributed by atoms with E-state index in [1.165, 1.54) is 17.7 Å². The summed E-state index contributed by atoms with van der Waals surface area (Å²) in [6, 6.07) is 10.8. The molecule has 0 saturated heterocycles. The third-order valence-electron chi connectivity index (χ3n) is 5.26. The van der Waals surface area contributed by atoms with Crippen LogP contribution in [-0.4, -0.2) is 28.9 Å². The van der Waals surface area contributed by atoms with Crippen molar-refractivity contribution in [1.82, 2.24) is 9.88 Å². The first-order valence-corrected chi connectivity index (χ1v) is 9.34. The first-order valence-electron chi connectivity index (χ1n) is 9.34. The predicted molar refractivity (Wildman–Crippen MR) is 103 cm³/mol. The highest BCUT2D eigenvalue weighted by molar-refractivity contribution is 5.90. The molecule has 0 radical (unpaired) electrons. The first-order chi connectivity index (χ1) is 13.0. The second kappa shape index (κ2) is 7.06. The Labute approximate surface area is 157 Å². The summed E-state index contributed by atoms with van der Waals surface area (Å²) in [5.41, 5.74) is 5.07. The highest BCUT2D eigenvalue weighted by Crippen LogP contribution is 2.27. The summed E-state index contributed by atoms with van der Waals surface area (Å²) in [4.78, 5) is 18.1. The molecule has 0 spiro atoms. The molecule has 5 heteroatoms. The summed E-state index contributed by atoms with van der Waals surface area (Å²) >= 11 is 0. The van der Waals surface area contributed by atoms with Crippen LogP contribution in [0.25, 0.3) is 10.9 Å². The second-order valence-electron chi connectivity index (χ2n) is 7.02. The predicted octanol–water partition coefficient (Wildman–Crippen LogP) is 4.14. The van der Waals surface area contributed by atoms with E-state index in [-0.39, 0.29) is 18.1 Å². The van der Waals surface area contributed by atoms with E-state index in [2.05, 4.69) is 11.1 Å². The van der Waals surface area contributed by atoms with Crippen LogP contribution in [0.4, 0.5) is 4.39 Å². The minimum atomic E-state index is -0.287. The molecule has 1 aliphatic rings. The molecule has 1 amide bonds. The molecule has 4 nitrogen and oxygen atoms in total. The quantitative estimate of drug-likeness (QED) is 0.754. The molecule has 0 bridgehead atoms. The van der Waals surface area contributed by atoms with Crippen molar-refractivity contribution in [3.05, 3.63) is 64.6 Å². The van der Waals surface area contributed by atoms with Gasteiger partial charge in [0.15, 0.2) is 0 Å². The van der Waals surface area contributed by atoms with Gasteiger partial charge in [0.25, 0.3) is 0 Å². The average Bonchev–Trinajstić information content (AvgIpc) is 2.96. The van der Waals surface area contributed by atoms with Gasteiger partial charge in [0.05, 0.1) is 13.0 Å². The third kappa shape index (κ3) is 3.42. The molecule has 1 aromatic heterocycles. The zero-order valence-corrected chi connectivity index (χ0v) is 15.6. The Morgan fingerprint density at radius 3 is 2.89 bits per heavy atom. The highest BCUT2D eigenvalue weighted by atomic mass is 19.1. The van der Waals surface area contributed by atoms with Crippen LogP contribution < -0.4 is 4.74 Å². The zero-order chi connectivity index (χ0) is 19.0. The molecule has 3 aromatic rings. The van der Waals surface area contributed by atoms with E-state index in [1.807, 2.05) is 30.9 Å². The lowest BCUT2D eigenvalue weighted by molar-refractivity contribution is -0.131. The van der Waals surface area contributed by atoms with E-state index >= 15 is 0 Å². The number of hydrogen-bond acceptors (Lipinski definition) is 2. The number of aromatic nitrogens is 1. The lowest BCUT2D eigenvalue weighted by Gasteiger charge is -2.29. The number of hydrogen-bond donors (Lipinski definition) is 1. The summed E-state index contributed by atoms with van der Waals surface area (Å²) in [7, 11) is 0. The summed E-state index contributed by atoms with van der Waals surface area (Å²) < 4.78 is 19.2. The van der Waals surface area contributed by atoms with Gasteiger partial charge in [-0.05, 0) is 67.3 Å². The smallest absolute Gasteiger partial charge is 0.227 e. The van der Waals surface area contributed by atoms with Gasteiger partial charge in [0.2, 0.25) is 5.91 Å². The molecule has 2 aromatic carbocycles. The van der Waals surface area contributed by atoms with E-state index in [0.717, 1.165) is 39.9 Å². The van der Waals surface area contributed by atoms with Gasteiger partial charge in [-0.3, -0.25) is 4.79 Å². The van der Waals surface area contributed by atoms with Gasteiger partial charge >= 0.3 is 0 Å². The number of halogens is 1. The number of aryl methyl sites for hydroxylation is 1. The number of rotatable bonds is 4. The molecule has 2 heterocycles. The molecule has 140 valence electrons. The molecule has 1 aliphatic heterocycles. The number of aromatic amines is 1. The molecule has 1 N–H and O–H groups in total. The van der Waals surface area contributed by atoms with Gasteiger partial charge in [0.1, 0.15) is 11.6 Å². The molecule has 0 aliphatic carbocycles. The minimum Gasteiger partial charge on any atom is -0.494 e. The minimum absolute atomic E-state index is 0.0655. The Hall–Kier alpha value is -2.82. The number of amides is 1. The highest BCUT2D eigenvalue weighted by Gasteiger charge is 2.23. The number of ether oxygens (including phenoxy) is 1. The zero-order valence-electron chi connectivity index (χ0n) is 15.6. The van der Waals surface area contributed by atoms with Crippen LogP contribution in [0, 0.1) is 12.7 Å². The molecule has 0 unspecified atom stereocenters. The molecule has 0 fully saturated rings.